The number of rotatable bonds is 4. The highest BCUT2D eigenvalue weighted by Crippen LogP contribution is 2.37. The lowest BCUT2D eigenvalue weighted by Crippen LogP contribution is -2.41. The highest BCUT2D eigenvalue weighted by Gasteiger charge is 2.61. The van der Waals surface area contributed by atoms with E-state index < -0.39 is 24.1 Å². The van der Waals surface area contributed by atoms with E-state index in [1.165, 1.54) is 6.07 Å². The molecule has 0 unspecified atom stereocenters. The fraction of sp³-hybridized carbons (Fsp3) is 0.364. The standard InChI is InChI=1S/C11H10F5NO3/c1-2-19-9(18)17-7-4-3-5-8(6-7)20-11(15,16)10(12,13)14/h3-6H,2H2,1H3,(H,17,18). The molecule has 4 nitrogen and oxygen atoms in total. The van der Waals surface area contributed by atoms with Crippen molar-refractivity contribution >= 4 is 11.8 Å². The maximum atomic E-state index is 12.7. The van der Waals surface area contributed by atoms with Crippen molar-refractivity contribution in [1.29, 1.82) is 0 Å². The van der Waals surface area contributed by atoms with Crippen molar-refractivity contribution in [3.8, 4) is 5.75 Å². The van der Waals surface area contributed by atoms with E-state index in [0.29, 0.717) is 0 Å². The SMILES string of the molecule is CCOC(=O)Nc1cccc(OC(F)(F)C(F)(F)F)c1. The minimum atomic E-state index is -5.84. The summed E-state index contributed by atoms with van der Waals surface area (Å²) in [4.78, 5) is 11.1. The molecule has 1 amide bonds. The lowest BCUT2D eigenvalue weighted by molar-refractivity contribution is -0.360. The zero-order valence-corrected chi connectivity index (χ0v) is 10.1. The molecule has 0 heterocycles. The fourth-order valence-electron chi connectivity index (χ4n) is 1.13. The van der Waals surface area contributed by atoms with Crippen LogP contribution in [0.2, 0.25) is 0 Å². The molecule has 0 aliphatic carbocycles. The van der Waals surface area contributed by atoms with Crippen LogP contribution in [-0.4, -0.2) is 25.0 Å². The number of alkyl halides is 5. The molecule has 0 fully saturated rings. The third kappa shape index (κ3) is 4.25. The predicted molar refractivity (Wildman–Crippen MR) is 58.7 cm³/mol. The molecular formula is C11H10F5NO3. The quantitative estimate of drug-likeness (QED) is 0.860. The van der Waals surface area contributed by atoms with Crippen molar-refractivity contribution in [3.63, 3.8) is 0 Å². The number of nitrogens with one attached hydrogen (secondary N) is 1. The number of carbonyl (C=O) groups is 1. The molecule has 20 heavy (non-hydrogen) atoms. The molecule has 1 aromatic carbocycles. The Balaban J connectivity index is 2.81. The molecule has 0 saturated heterocycles. The van der Waals surface area contributed by atoms with Gasteiger partial charge < -0.3 is 9.47 Å². The van der Waals surface area contributed by atoms with E-state index in [2.05, 4.69) is 14.8 Å². The maximum absolute atomic E-state index is 12.7. The van der Waals surface area contributed by atoms with Crippen LogP contribution in [0.5, 0.6) is 5.75 Å². The number of hydrogen-bond donors (Lipinski definition) is 1. The van der Waals surface area contributed by atoms with Crippen LogP contribution in [0.1, 0.15) is 6.92 Å². The Labute approximate surface area is 110 Å². The van der Waals surface area contributed by atoms with Crippen molar-refractivity contribution in [2.24, 2.45) is 0 Å². The summed E-state index contributed by atoms with van der Waals surface area (Å²) in [6, 6.07) is 4.13. The second-order valence-corrected chi connectivity index (χ2v) is 3.49. The van der Waals surface area contributed by atoms with Gasteiger partial charge >= 0.3 is 18.4 Å². The van der Waals surface area contributed by atoms with E-state index in [1.54, 1.807) is 6.92 Å². The second kappa shape index (κ2) is 5.93. The zero-order chi connectivity index (χ0) is 15.4. The topological polar surface area (TPSA) is 47.6 Å². The summed E-state index contributed by atoms with van der Waals surface area (Å²) in [6.07, 6.45) is -12.0. The van der Waals surface area contributed by atoms with Crippen molar-refractivity contribution in [1.82, 2.24) is 0 Å². The molecule has 112 valence electrons. The Kier molecular flexibility index (Phi) is 4.74. The first-order valence-corrected chi connectivity index (χ1v) is 5.33. The summed E-state index contributed by atoms with van der Waals surface area (Å²) >= 11 is 0. The molecule has 0 atom stereocenters. The third-order valence-corrected chi connectivity index (χ3v) is 1.93. The van der Waals surface area contributed by atoms with Gasteiger partial charge in [0.1, 0.15) is 5.75 Å². The average Bonchev–Trinajstić information content (AvgIpc) is 2.27. The summed E-state index contributed by atoms with van der Waals surface area (Å²) in [5.74, 6) is -0.748. The monoisotopic (exact) mass is 299 g/mol. The van der Waals surface area contributed by atoms with Gasteiger partial charge in [0.25, 0.3) is 0 Å². The summed E-state index contributed by atoms with van der Waals surface area (Å²) in [5, 5.41) is 2.14. The second-order valence-electron chi connectivity index (χ2n) is 3.49. The van der Waals surface area contributed by atoms with Gasteiger partial charge in [-0.1, -0.05) is 6.07 Å². The molecule has 0 radical (unpaired) electrons. The largest absolute Gasteiger partial charge is 0.499 e. The molecule has 1 rings (SSSR count). The first kappa shape index (κ1) is 16.0. The van der Waals surface area contributed by atoms with Gasteiger partial charge in [0, 0.05) is 11.8 Å². The molecule has 9 heteroatoms. The first-order chi connectivity index (χ1) is 9.15. The molecule has 1 aromatic rings. The number of hydrogen-bond acceptors (Lipinski definition) is 3. The zero-order valence-electron chi connectivity index (χ0n) is 10.1. The number of anilines is 1. The lowest BCUT2D eigenvalue weighted by Gasteiger charge is -2.20. The van der Waals surface area contributed by atoms with Gasteiger partial charge in [-0.3, -0.25) is 5.32 Å². The van der Waals surface area contributed by atoms with Gasteiger partial charge in [-0.05, 0) is 19.1 Å². The summed E-state index contributed by atoms with van der Waals surface area (Å²) in [6.45, 7) is 1.62. The minimum absolute atomic E-state index is 0.0427. The van der Waals surface area contributed by atoms with Crippen molar-refractivity contribution < 1.29 is 36.2 Å². The molecule has 0 saturated carbocycles. The summed E-state index contributed by atoms with van der Waals surface area (Å²) in [7, 11) is 0. The van der Waals surface area contributed by atoms with Crippen LogP contribution in [-0.2, 0) is 4.74 Å². The number of amides is 1. The van der Waals surface area contributed by atoms with Crippen LogP contribution in [0, 0.1) is 0 Å². The van der Waals surface area contributed by atoms with Gasteiger partial charge in [0.15, 0.2) is 0 Å². The van der Waals surface area contributed by atoms with E-state index in [4.69, 9.17) is 0 Å². The molecular weight excluding hydrogens is 289 g/mol. The van der Waals surface area contributed by atoms with Crippen molar-refractivity contribution in [3.05, 3.63) is 24.3 Å². The highest BCUT2D eigenvalue weighted by atomic mass is 19.4. The van der Waals surface area contributed by atoms with Crippen LogP contribution < -0.4 is 10.1 Å². The van der Waals surface area contributed by atoms with Gasteiger partial charge in [0.2, 0.25) is 0 Å². The highest BCUT2D eigenvalue weighted by molar-refractivity contribution is 5.84. The van der Waals surface area contributed by atoms with E-state index >= 15 is 0 Å². The molecule has 0 aliphatic heterocycles. The van der Waals surface area contributed by atoms with Gasteiger partial charge in [-0.15, -0.1) is 0 Å². The van der Waals surface area contributed by atoms with Crippen LogP contribution in [0.3, 0.4) is 0 Å². The molecule has 0 aliphatic rings. The van der Waals surface area contributed by atoms with Crippen LogP contribution >= 0.6 is 0 Å². The Morgan fingerprint density at radius 3 is 2.45 bits per heavy atom. The smallest absolute Gasteiger partial charge is 0.450 e. The molecule has 1 N–H and O–H groups in total. The Morgan fingerprint density at radius 1 is 1.25 bits per heavy atom. The van der Waals surface area contributed by atoms with Crippen molar-refractivity contribution in [2.45, 2.75) is 19.2 Å². The van der Waals surface area contributed by atoms with Crippen molar-refractivity contribution in [2.75, 3.05) is 11.9 Å². The van der Waals surface area contributed by atoms with E-state index in [-0.39, 0.29) is 12.3 Å². The number of ether oxygens (including phenoxy) is 2. The Bertz CT molecular complexity index is 475. The van der Waals surface area contributed by atoms with Crippen LogP contribution in [0.25, 0.3) is 0 Å². The van der Waals surface area contributed by atoms with Crippen LogP contribution in [0.15, 0.2) is 24.3 Å². The summed E-state index contributed by atoms with van der Waals surface area (Å²) < 4.78 is 69.4. The van der Waals surface area contributed by atoms with Gasteiger partial charge in [0.05, 0.1) is 6.61 Å². The number of benzene rings is 1. The normalized spacial score (nSPS) is 11.9. The van der Waals surface area contributed by atoms with E-state index in [1.807, 2.05) is 0 Å². The van der Waals surface area contributed by atoms with E-state index in [0.717, 1.165) is 18.2 Å². The molecule has 0 spiro atoms. The predicted octanol–water partition coefficient (Wildman–Crippen LogP) is 3.79. The first-order valence-electron chi connectivity index (χ1n) is 5.33. The summed E-state index contributed by atoms with van der Waals surface area (Å²) in [5.41, 5.74) is -0.0427. The fourth-order valence-corrected chi connectivity index (χ4v) is 1.13. The number of halogens is 5. The Hall–Kier alpha value is -2.06. The van der Waals surface area contributed by atoms with Gasteiger partial charge in [-0.25, -0.2) is 4.79 Å². The maximum Gasteiger partial charge on any atom is 0.499 e. The Morgan fingerprint density at radius 2 is 1.90 bits per heavy atom. The lowest BCUT2D eigenvalue weighted by atomic mass is 10.3. The van der Waals surface area contributed by atoms with Gasteiger partial charge in [-0.2, -0.15) is 22.0 Å². The molecule has 0 bridgehead atoms. The third-order valence-electron chi connectivity index (χ3n) is 1.93. The van der Waals surface area contributed by atoms with Crippen LogP contribution in [0.4, 0.5) is 32.4 Å². The average molecular weight is 299 g/mol. The molecule has 0 aromatic heterocycles. The van der Waals surface area contributed by atoms with E-state index in [9.17, 15) is 26.7 Å². The number of carbonyl (C=O) groups excluding carboxylic acids is 1. The minimum Gasteiger partial charge on any atom is -0.450 e.